The van der Waals surface area contributed by atoms with Crippen LogP contribution < -0.4 is 11.1 Å². The van der Waals surface area contributed by atoms with Crippen LogP contribution in [0.1, 0.15) is 50.2 Å². The lowest BCUT2D eigenvalue weighted by Gasteiger charge is -2.22. The van der Waals surface area contributed by atoms with E-state index in [2.05, 4.69) is 12.2 Å². The van der Waals surface area contributed by atoms with Gasteiger partial charge >= 0.3 is 0 Å². The molecule has 0 saturated heterocycles. The van der Waals surface area contributed by atoms with E-state index in [1.54, 1.807) is 47.8 Å². The van der Waals surface area contributed by atoms with Crippen molar-refractivity contribution in [2.24, 2.45) is 47.3 Å². The summed E-state index contributed by atoms with van der Waals surface area (Å²) in [6.07, 6.45) is 11.7. The number of fused-ring (bicyclic) bond motifs is 12. The Balaban J connectivity index is 0.990. The predicted molar refractivity (Wildman–Crippen MR) is 197 cm³/mol. The normalized spacial score (nSPS) is 30.5. The summed E-state index contributed by atoms with van der Waals surface area (Å²) in [6, 6.07) is 14.4. The Morgan fingerprint density at radius 3 is 1.42 bits per heavy atom. The van der Waals surface area contributed by atoms with Crippen molar-refractivity contribution in [3.63, 3.8) is 0 Å². The molecule has 4 saturated carbocycles. The Labute approximate surface area is 297 Å². The van der Waals surface area contributed by atoms with Crippen LogP contribution in [0.25, 0.3) is 21.8 Å². The summed E-state index contributed by atoms with van der Waals surface area (Å²) in [7, 11) is 0. The maximum Gasteiger partial charge on any atom is 0.280 e. The molecule has 0 spiro atoms. The average molecular weight is 703 g/mol. The van der Waals surface area contributed by atoms with Crippen molar-refractivity contribution in [3.05, 3.63) is 104 Å². The van der Waals surface area contributed by atoms with E-state index in [9.17, 15) is 19.2 Å². The van der Waals surface area contributed by atoms with Crippen molar-refractivity contribution < 1.29 is 9.59 Å². The second-order valence-corrected chi connectivity index (χ2v) is 17.3. The van der Waals surface area contributed by atoms with Crippen LogP contribution >= 0.6 is 23.5 Å². The fourth-order valence-electron chi connectivity index (χ4n) is 10.7. The Kier molecular flexibility index (Phi) is 7.38. The highest BCUT2D eigenvalue weighted by molar-refractivity contribution is 7.98. The second kappa shape index (κ2) is 11.9. The number of hydrogen-bond donors (Lipinski definition) is 0. The van der Waals surface area contributed by atoms with Gasteiger partial charge in [0.15, 0.2) is 11.6 Å². The fourth-order valence-corrected chi connectivity index (χ4v) is 12.5. The van der Waals surface area contributed by atoms with E-state index in [-0.39, 0.29) is 23.0 Å². The van der Waals surface area contributed by atoms with E-state index in [0.717, 1.165) is 11.1 Å². The van der Waals surface area contributed by atoms with Gasteiger partial charge in [0.1, 0.15) is 11.6 Å². The number of ketones is 2. The number of para-hydroxylation sites is 2. The summed E-state index contributed by atoms with van der Waals surface area (Å²) in [5.41, 5.74) is 2.24. The van der Waals surface area contributed by atoms with Crippen LogP contribution in [-0.2, 0) is 21.1 Å². The monoisotopic (exact) mass is 702 g/mol. The zero-order valence-electron chi connectivity index (χ0n) is 27.7. The number of Topliss-reactive ketones (excluding diaryl/α,β-unsaturated/α-hetero) is 2. The standard InChI is InChI=1S/C40H38N4O4S2/c45-37-25(15-29-21-9-11-23(13-21)35(29)37)17-49-19-33-41-31-7-3-1-5-27(31)39(47)43(33)44-34(42-32-8-4-2-6-28(32)40(44)48)20-50-18-26-16-30-22-10-12-24(14-22)36(30)38(26)46/h1-8,15-16,21-24,29-30,35-36H,9-14,17-20H2. The maximum atomic E-state index is 14.4. The summed E-state index contributed by atoms with van der Waals surface area (Å²) in [4.78, 5) is 65.5. The van der Waals surface area contributed by atoms with Gasteiger partial charge in [-0.1, -0.05) is 36.4 Å². The van der Waals surface area contributed by atoms with Crippen molar-refractivity contribution in [3.8, 4) is 0 Å². The van der Waals surface area contributed by atoms with Gasteiger partial charge in [0.25, 0.3) is 11.1 Å². The van der Waals surface area contributed by atoms with Crippen LogP contribution in [0.5, 0.6) is 0 Å². The number of carbonyl (C=O) groups excluding carboxylic acids is 2. The van der Waals surface area contributed by atoms with E-state index in [1.807, 2.05) is 24.3 Å². The summed E-state index contributed by atoms with van der Waals surface area (Å²) in [6.45, 7) is 0. The van der Waals surface area contributed by atoms with Crippen molar-refractivity contribution in [1.82, 2.24) is 19.3 Å². The quantitative estimate of drug-likeness (QED) is 0.202. The van der Waals surface area contributed by atoms with E-state index in [0.29, 0.717) is 104 Å². The van der Waals surface area contributed by atoms with E-state index >= 15 is 0 Å². The molecule has 6 aliphatic rings. The van der Waals surface area contributed by atoms with Gasteiger partial charge in [0.2, 0.25) is 0 Å². The number of allylic oxidation sites excluding steroid dienone is 2. The molecule has 50 heavy (non-hydrogen) atoms. The number of aromatic nitrogens is 4. The molecule has 4 bridgehead atoms. The fraction of sp³-hybridized carbons (Fsp3) is 0.450. The molecule has 8 unspecified atom stereocenters. The number of rotatable bonds is 9. The lowest BCUT2D eigenvalue weighted by atomic mass is 9.81. The molecule has 254 valence electrons. The largest absolute Gasteiger partial charge is 0.294 e. The Morgan fingerprint density at radius 2 is 0.980 bits per heavy atom. The molecule has 0 aliphatic heterocycles. The van der Waals surface area contributed by atoms with Gasteiger partial charge in [-0.3, -0.25) is 19.2 Å². The van der Waals surface area contributed by atoms with Crippen LogP contribution in [0.4, 0.5) is 0 Å². The van der Waals surface area contributed by atoms with Crippen molar-refractivity contribution in [2.75, 3.05) is 11.5 Å². The topological polar surface area (TPSA) is 104 Å². The molecule has 0 radical (unpaired) electrons. The molecule has 10 heteroatoms. The average Bonchev–Trinajstić information content (AvgIpc) is 3.98. The molecule has 0 N–H and O–H groups in total. The lowest BCUT2D eigenvalue weighted by molar-refractivity contribution is -0.121. The number of benzene rings is 2. The molecular weight excluding hydrogens is 665 g/mol. The molecule has 8 nitrogen and oxygen atoms in total. The highest BCUT2D eigenvalue weighted by Gasteiger charge is 2.54. The van der Waals surface area contributed by atoms with Gasteiger partial charge in [-0.25, -0.2) is 9.97 Å². The Morgan fingerprint density at radius 1 is 0.560 bits per heavy atom. The van der Waals surface area contributed by atoms with Crippen LogP contribution in [-0.4, -0.2) is 42.4 Å². The first-order valence-electron chi connectivity index (χ1n) is 18.1. The highest BCUT2D eigenvalue weighted by atomic mass is 32.2. The van der Waals surface area contributed by atoms with Crippen molar-refractivity contribution >= 4 is 56.9 Å². The number of carbonyl (C=O) groups is 2. The second-order valence-electron chi connectivity index (χ2n) is 15.3. The third-order valence-electron chi connectivity index (χ3n) is 12.8. The SMILES string of the molecule is O=C1C(CSCc2nc3ccccc3c(=O)n2-n2c(CSCC3=CC4C5CCC(C5)C4C3=O)nc3ccccc3c2=O)=CC2C3CCC(C3)C12. The molecule has 6 aliphatic carbocycles. The maximum absolute atomic E-state index is 14.4. The van der Waals surface area contributed by atoms with Gasteiger partial charge in [0.05, 0.1) is 33.3 Å². The molecule has 0 amide bonds. The minimum atomic E-state index is -0.337. The molecule has 8 atom stereocenters. The van der Waals surface area contributed by atoms with E-state index in [1.165, 1.54) is 47.9 Å². The molecule has 10 rings (SSSR count). The van der Waals surface area contributed by atoms with Gasteiger partial charge in [-0.15, -0.1) is 23.5 Å². The lowest BCUT2D eigenvalue weighted by Crippen LogP contribution is -2.40. The minimum absolute atomic E-state index is 0.161. The summed E-state index contributed by atoms with van der Waals surface area (Å²) in [5, 5.41) is 0.833. The highest BCUT2D eigenvalue weighted by Crippen LogP contribution is 2.57. The number of nitrogens with zero attached hydrogens (tertiary/aromatic N) is 4. The Bertz CT molecular complexity index is 2150. The van der Waals surface area contributed by atoms with Gasteiger partial charge in [-0.05, 0) is 98.3 Å². The zero-order valence-corrected chi connectivity index (χ0v) is 29.3. The summed E-state index contributed by atoms with van der Waals surface area (Å²) in [5.74, 6) is 6.72. The summed E-state index contributed by atoms with van der Waals surface area (Å²) >= 11 is 3.12. The van der Waals surface area contributed by atoms with Crippen LogP contribution in [0.2, 0.25) is 0 Å². The molecular formula is C40H38N4O4S2. The van der Waals surface area contributed by atoms with Crippen molar-refractivity contribution in [1.29, 1.82) is 0 Å². The van der Waals surface area contributed by atoms with Crippen LogP contribution in [0, 0.1) is 47.3 Å². The smallest absolute Gasteiger partial charge is 0.280 e. The van der Waals surface area contributed by atoms with Gasteiger partial charge in [-0.2, -0.15) is 9.35 Å². The minimum Gasteiger partial charge on any atom is -0.294 e. The Hall–Kier alpha value is -3.76. The first-order valence-corrected chi connectivity index (χ1v) is 20.4. The van der Waals surface area contributed by atoms with Crippen LogP contribution in [0.3, 0.4) is 0 Å². The van der Waals surface area contributed by atoms with Gasteiger partial charge in [0, 0.05) is 34.5 Å². The molecule has 4 fully saturated rings. The van der Waals surface area contributed by atoms with Crippen molar-refractivity contribution in [2.45, 2.75) is 50.0 Å². The first-order chi connectivity index (χ1) is 24.4. The molecule has 2 aromatic carbocycles. The third-order valence-corrected chi connectivity index (χ3v) is 14.8. The van der Waals surface area contributed by atoms with E-state index in [4.69, 9.17) is 9.97 Å². The zero-order chi connectivity index (χ0) is 33.7. The summed E-state index contributed by atoms with van der Waals surface area (Å²) < 4.78 is 2.82. The predicted octanol–water partition coefficient (Wildman–Crippen LogP) is 6.23. The number of hydrogen-bond acceptors (Lipinski definition) is 8. The molecule has 2 heterocycles. The van der Waals surface area contributed by atoms with Crippen LogP contribution in [0.15, 0.2) is 81.4 Å². The van der Waals surface area contributed by atoms with E-state index < -0.39 is 0 Å². The van der Waals surface area contributed by atoms with Gasteiger partial charge < -0.3 is 0 Å². The number of thioether (sulfide) groups is 2. The molecule has 4 aromatic rings. The first kappa shape index (κ1) is 31.0. The molecule has 2 aromatic heterocycles. The third kappa shape index (κ3) is 4.73.